The Bertz CT molecular complexity index is 754. The third-order valence-corrected chi connectivity index (χ3v) is 2.61. The molecule has 0 aliphatic rings. The molecule has 1 heterocycles. The number of nitrogens with one attached hydrogen (secondary N) is 2. The smallest absolute Gasteiger partial charge is 0.308 e. The van der Waals surface area contributed by atoms with E-state index < -0.39 is 6.03 Å². The first-order chi connectivity index (χ1) is 9.70. The molecule has 100 valence electrons. The van der Waals surface area contributed by atoms with Crippen LogP contribution in [0, 0.1) is 5.82 Å². The molecule has 2 N–H and O–H groups in total. The van der Waals surface area contributed by atoms with E-state index in [1.54, 1.807) is 18.2 Å². The predicted octanol–water partition coefficient (Wildman–Crippen LogP) is 3.01. The molecule has 0 saturated carbocycles. The van der Waals surface area contributed by atoms with Crippen LogP contribution >= 0.6 is 0 Å². The van der Waals surface area contributed by atoms with Crippen molar-refractivity contribution in [1.29, 1.82) is 0 Å². The fourth-order valence-corrected chi connectivity index (χ4v) is 1.69. The van der Waals surface area contributed by atoms with Crippen LogP contribution in [0.15, 0.2) is 47.1 Å². The highest BCUT2D eigenvalue weighted by Crippen LogP contribution is 2.16. The van der Waals surface area contributed by atoms with E-state index in [9.17, 15) is 9.18 Å². The summed E-state index contributed by atoms with van der Waals surface area (Å²) in [6.45, 7) is 0. The molecule has 0 radical (unpaired) electrons. The third kappa shape index (κ3) is 2.56. The molecule has 0 spiro atoms. The highest BCUT2D eigenvalue weighted by atomic mass is 19.1. The molecule has 0 fully saturated rings. The lowest BCUT2D eigenvalue weighted by Crippen LogP contribution is -2.19. The zero-order valence-corrected chi connectivity index (χ0v) is 10.1. The van der Waals surface area contributed by atoms with Crippen molar-refractivity contribution < 1.29 is 13.8 Å². The summed E-state index contributed by atoms with van der Waals surface area (Å²) in [4.78, 5) is 11.8. The maximum absolute atomic E-state index is 12.7. The lowest BCUT2D eigenvalue weighted by Gasteiger charge is -2.07. The monoisotopic (exact) mass is 272 g/mol. The quantitative estimate of drug-likeness (QED) is 0.751. The molecule has 0 bridgehead atoms. The maximum Gasteiger partial charge on any atom is 0.323 e. The van der Waals surface area contributed by atoms with Crippen molar-refractivity contribution in [2.45, 2.75) is 0 Å². The molecule has 0 unspecified atom stereocenters. The van der Waals surface area contributed by atoms with E-state index in [0.29, 0.717) is 22.4 Å². The maximum atomic E-state index is 12.7. The number of hydrogen-bond donors (Lipinski definition) is 2. The Morgan fingerprint density at radius 2 is 1.60 bits per heavy atom. The van der Waals surface area contributed by atoms with Gasteiger partial charge in [0, 0.05) is 11.4 Å². The third-order valence-electron chi connectivity index (χ3n) is 2.61. The first-order valence-corrected chi connectivity index (χ1v) is 5.76. The Morgan fingerprint density at radius 3 is 2.40 bits per heavy atom. The van der Waals surface area contributed by atoms with Crippen LogP contribution in [0.25, 0.3) is 11.0 Å². The van der Waals surface area contributed by atoms with Crippen LogP contribution < -0.4 is 10.6 Å². The van der Waals surface area contributed by atoms with Crippen LogP contribution in [0.5, 0.6) is 0 Å². The predicted molar refractivity (Wildman–Crippen MR) is 70.8 cm³/mol. The molecule has 2 aromatic carbocycles. The molecule has 20 heavy (non-hydrogen) atoms. The highest BCUT2D eigenvalue weighted by Gasteiger charge is 2.05. The average Bonchev–Trinajstić information content (AvgIpc) is 2.89. The number of amides is 2. The Hall–Kier alpha value is -2.96. The summed E-state index contributed by atoms with van der Waals surface area (Å²) in [6.07, 6.45) is 0. The number of nitrogens with zero attached hydrogens (tertiary/aromatic N) is 2. The van der Waals surface area contributed by atoms with Crippen LogP contribution in [-0.4, -0.2) is 16.3 Å². The Balaban J connectivity index is 1.70. The van der Waals surface area contributed by atoms with Gasteiger partial charge in [-0.3, -0.25) is 0 Å². The molecule has 6 nitrogen and oxygen atoms in total. The highest BCUT2D eigenvalue weighted by molar-refractivity contribution is 6.00. The molecule has 1 aromatic heterocycles. The number of fused-ring (bicyclic) bond motifs is 1. The van der Waals surface area contributed by atoms with E-state index in [2.05, 4.69) is 25.6 Å². The van der Waals surface area contributed by atoms with Gasteiger partial charge >= 0.3 is 6.03 Å². The van der Waals surface area contributed by atoms with Crippen molar-refractivity contribution in [3.8, 4) is 0 Å². The number of halogens is 1. The van der Waals surface area contributed by atoms with Crippen molar-refractivity contribution in [2.24, 2.45) is 0 Å². The minimum atomic E-state index is -0.438. The Labute approximate surface area is 112 Å². The van der Waals surface area contributed by atoms with Gasteiger partial charge in [0.15, 0.2) is 0 Å². The van der Waals surface area contributed by atoms with Crippen molar-refractivity contribution in [3.05, 3.63) is 48.3 Å². The molecular formula is C13H9FN4O2. The second-order valence-electron chi connectivity index (χ2n) is 4.05. The molecule has 0 saturated heterocycles. The number of carbonyl (C=O) groups is 1. The fraction of sp³-hybridized carbons (Fsp3) is 0. The van der Waals surface area contributed by atoms with Crippen LogP contribution in [0.1, 0.15) is 0 Å². The summed E-state index contributed by atoms with van der Waals surface area (Å²) < 4.78 is 17.3. The van der Waals surface area contributed by atoms with Crippen LogP contribution in [0.2, 0.25) is 0 Å². The number of carbonyl (C=O) groups excluding carboxylic acids is 1. The van der Waals surface area contributed by atoms with E-state index >= 15 is 0 Å². The summed E-state index contributed by atoms with van der Waals surface area (Å²) in [5.74, 6) is -0.361. The van der Waals surface area contributed by atoms with Gasteiger partial charge in [-0.15, -0.1) is 0 Å². The van der Waals surface area contributed by atoms with Gasteiger partial charge in [0.1, 0.15) is 16.9 Å². The van der Waals surface area contributed by atoms with Crippen LogP contribution in [0.4, 0.5) is 20.6 Å². The lowest BCUT2D eigenvalue weighted by molar-refractivity contribution is 0.262. The second-order valence-corrected chi connectivity index (χ2v) is 4.05. The molecule has 7 heteroatoms. The number of anilines is 2. The van der Waals surface area contributed by atoms with Gasteiger partial charge < -0.3 is 10.6 Å². The van der Waals surface area contributed by atoms with Gasteiger partial charge in [0.2, 0.25) is 0 Å². The van der Waals surface area contributed by atoms with Gasteiger partial charge in [-0.05, 0) is 52.8 Å². The topological polar surface area (TPSA) is 80.0 Å². The largest absolute Gasteiger partial charge is 0.323 e. The molecule has 3 rings (SSSR count). The second kappa shape index (κ2) is 4.96. The van der Waals surface area contributed by atoms with Gasteiger partial charge in [0.25, 0.3) is 0 Å². The first kappa shape index (κ1) is 12.1. The van der Waals surface area contributed by atoms with Crippen LogP contribution in [-0.2, 0) is 0 Å². The number of urea groups is 1. The SMILES string of the molecule is O=C(Nc1ccc(F)cc1)Nc1ccc2nonc2c1. The molecule has 2 amide bonds. The normalized spacial score (nSPS) is 10.4. The zero-order chi connectivity index (χ0) is 13.9. The summed E-state index contributed by atoms with van der Waals surface area (Å²) in [6, 6.07) is 10.0. The number of hydrogen-bond acceptors (Lipinski definition) is 4. The summed E-state index contributed by atoms with van der Waals surface area (Å²) >= 11 is 0. The lowest BCUT2D eigenvalue weighted by atomic mass is 10.3. The van der Waals surface area contributed by atoms with E-state index in [1.165, 1.54) is 24.3 Å². The van der Waals surface area contributed by atoms with Crippen molar-refractivity contribution in [3.63, 3.8) is 0 Å². The van der Waals surface area contributed by atoms with E-state index in [0.717, 1.165) is 0 Å². The number of aromatic nitrogens is 2. The summed E-state index contributed by atoms with van der Waals surface area (Å²) in [7, 11) is 0. The molecule has 3 aromatic rings. The van der Waals surface area contributed by atoms with Gasteiger partial charge in [0.05, 0.1) is 0 Å². The number of benzene rings is 2. The molecular weight excluding hydrogens is 263 g/mol. The van der Waals surface area contributed by atoms with Crippen molar-refractivity contribution >= 4 is 28.4 Å². The first-order valence-electron chi connectivity index (χ1n) is 5.76. The fourth-order valence-electron chi connectivity index (χ4n) is 1.69. The summed E-state index contributed by atoms with van der Waals surface area (Å²) in [5, 5.41) is 12.6. The van der Waals surface area contributed by atoms with E-state index in [-0.39, 0.29) is 5.82 Å². The minimum Gasteiger partial charge on any atom is -0.308 e. The summed E-state index contributed by atoms with van der Waals surface area (Å²) in [5.41, 5.74) is 2.19. The minimum absolute atomic E-state index is 0.361. The van der Waals surface area contributed by atoms with Crippen molar-refractivity contribution in [1.82, 2.24) is 10.3 Å². The van der Waals surface area contributed by atoms with Crippen molar-refractivity contribution in [2.75, 3.05) is 10.6 Å². The molecule has 0 aliphatic heterocycles. The number of rotatable bonds is 2. The van der Waals surface area contributed by atoms with Gasteiger partial charge in [-0.2, -0.15) is 0 Å². The van der Waals surface area contributed by atoms with Gasteiger partial charge in [-0.1, -0.05) is 0 Å². The van der Waals surface area contributed by atoms with E-state index in [1.807, 2.05) is 0 Å². The van der Waals surface area contributed by atoms with Gasteiger partial charge in [-0.25, -0.2) is 13.8 Å². The van der Waals surface area contributed by atoms with E-state index in [4.69, 9.17) is 0 Å². The Kier molecular flexibility index (Phi) is 3.00. The zero-order valence-electron chi connectivity index (χ0n) is 10.1. The Morgan fingerprint density at radius 1 is 0.950 bits per heavy atom. The molecule has 0 atom stereocenters. The standard InChI is InChI=1S/C13H9FN4O2/c14-8-1-3-9(4-2-8)15-13(19)16-10-5-6-11-12(7-10)18-20-17-11/h1-7H,(H2,15,16,19). The average molecular weight is 272 g/mol. The van der Waals surface area contributed by atoms with Crippen LogP contribution in [0.3, 0.4) is 0 Å². The molecule has 0 aliphatic carbocycles.